The second-order valence-corrected chi connectivity index (χ2v) is 7.56. The van der Waals surface area contributed by atoms with Gasteiger partial charge in [0.2, 0.25) is 5.91 Å². The minimum atomic E-state index is -0.249. The van der Waals surface area contributed by atoms with Crippen LogP contribution in [0.2, 0.25) is 0 Å². The maximum Gasteiger partial charge on any atom is 0.247 e. The highest BCUT2D eigenvalue weighted by atomic mass is 16.5. The predicted molar refractivity (Wildman–Crippen MR) is 109 cm³/mol. The van der Waals surface area contributed by atoms with Crippen LogP contribution in [0.15, 0.2) is 48.8 Å². The first-order chi connectivity index (χ1) is 13.1. The van der Waals surface area contributed by atoms with Crippen molar-refractivity contribution in [2.75, 3.05) is 31.6 Å². The Hall–Kier alpha value is -2.27. The van der Waals surface area contributed by atoms with Crippen LogP contribution in [0, 0.1) is 5.92 Å². The summed E-state index contributed by atoms with van der Waals surface area (Å²) in [6.07, 6.45) is 7.77. The molecule has 1 amide bonds. The number of nitrogens with zero attached hydrogens (tertiary/aromatic N) is 2. The van der Waals surface area contributed by atoms with Crippen molar-refractivity contribution in [3.63, 3.8) is 0 Å². The van der Waals surface area contributed by atoms with Gasteiger partial charge in [0.25, 0.3) is 0 Å². The van der Waals surface area contributed by atoms with Crippen LogP contribution in [0.1, 0.15) is 39.2 Å². The number of rotatable bonds is 8. The molecule has 2 aromatic rings. The van der Waals surface area contributed by atoms with E-state index < -0.39 is 0 Å². The topological polar surface area (TPSA) is 46.5 Å². The second-order valence-electron chi connectivity index (χ2n) is 7.56. The molecule has 0 aliphatic carbocycles. The molecule has 0 bridgehead atoms. The average molecular weight is 370 g/mol. The Balaban J connectivity index is 1.61. The number of benzene rings is 1. The molecule has 1 atom stereocenters. The summed E-state index contributed by atoms with van der Waals surface area (Å²) in [5, 5.41) is 3.07. The van der Waals surface area contributed by atoms with E-state index in [1.54, 1.807) is 0 Å². The highest BCUT2D eigenvalue weighted by Crippen LogP contribution is 2.27. The summed E-state index contributed by atoms with van der Waals surface area (Å²) >= 11 is 0. The van der Waals surface area contributed by atoms with E-state index in [0.717, 1.165) is 31.1 Å². The fraction of sp³-hybridized carbons (Fsp3) is 0.500. The van der Waals surface area contributed by atoms with Crippen molar-refractivity contribution < 1.29 is 9.53 Å². The van der Waals surface area contributed by atoms with Crippen molar-refractivity contribution in [2.45, 2.75) is 39.2 Å². The summed E-state index contributed by atoms with van der Waals surface area (Å²) < 4.78 is 7.97. The maximum atomic E-state index is 12.9. The molecule has 1 N–H and O–H groups in total. The smallest absolute Gasteiger partial charge is 0.247 e. The van der Waals surface area contributed by atoms with E-state index in [2.05, 4.69) is 24.1 Å². The van der Waals surface area contributed by atoms with Gasteiger partial charge in [-0.05, 0) is 56.1 Å². The Kier molecular flexibility index (Phi) is 6.93. The first-order valence-electron chi connectivity index (χ1n) is 10.0. The van der Waals surface area contributed by atoms with Crippen molar-refractivity contribution in [1.82, 2.24) is 9.47 Å². The lowest BCUT2D eigenvalue weighted by Crippen LogP contribution is -2.33. The van der Waals surface area contributed by atoms with E-state index in [1.807, 2.05) is 53.4 Å². The monoisotopic (exact) mass is 369 g/mol. The molecular weight excluding hydrogens is 338 g/mol. The molecule has 1 aliphatic heterocycles. The number of ether oxygens (including phenoxy) is 1. The molecule has 2 heterocycles. The quantitative estimate of drug-likeness (QED) is 0.759. The molecule has 1 aromatic carbocycles. The number of hydrogen-bond acceptors (Lipinski definition) is 3. The molecule has 1 fully saturated rings. The third-order valence-corrected chi connectivity index (χ3v) is 5.11. The minimum absolute atomic E-state index is 0.0201. The zero-order valence-electron chi connectivity index (χ0n) is 16.4. The molecule has 27 heavy (non-hydrogen) atoms. The van der Waals surface area contributed by atoms with Crippen LogP contribution in [0.4, 0.5) is 5.69 Å². The van der Waals surface area contributed by atoms with Crippen LogP contribution in [0.5, 0.6) is 5.75 Å². The third-order valence-electron chi connectivity index (χ3n) is 5.11. The molecule has 0 unspecified atom stereocenters. The lowest BCUT2D eigenvalue weighted by molar-refractivity contribution is -0.120. The van der Waals surface area contributed by atoms with Gasteiger partial charge in [0.15, 0.2) is 0 Å². The van der Waals surface area contributed by atoms with Gasteiger partial charge in [0, 0.05) is 18.9 Å². The molecule has 5 heteroatoms. The fourth-order valence-electron chi connectivity index (χ4n) is 3.69. The largest absolute Gasteiger partial charge is 0.490 e. The first-order valence-corrected chi connectivity index (χ1v) is 10.0. The van der Waals surface area contributed by atoms with Gasteiger partial charge in [0.1, 0.15) is 18.4 Å². The van der Waals surface area contributed by atoms with Crippen LogP contribution in [-0.4, -0.2) is 41.6 Å². The highest BCUT2D eigenvalue weighted by molar-refractivity contribution is 5.95. The lowest BCUT2D eigenvalue weighted by Gasteiger charge is -2.26. The van der Waals surface area contributed by atoms with Gasteiger partial charge in [0.05, 0.1) is 5.69 Å². The Morgan fingerprint density at radius 2 is 1.78 bits per heavy atom. The number of hydrogen-bond donors (Lipinski definition) is 1. The van der Waals surface area contributed by atoms with Crippen LogP contribution in [0.25, 0.3) is 0 Å². The SMILES string of the molecule is CC(C)[C@H](C(=O)Nc1ccccc1OCCN1CCCCC1)n1cccc1. The van der Waals surface area contributed by atoms with Crippen molar-refractivity contribution in [2.24, 2.45) is 5.92 Å². The molecule has 5 nitrogen and oxygen atoms in total. The molecule has 1 saturated heterocycles. The van der Waals surface area contributed by atoms with Gasteiger partial charge in [-0.25, -0.2) is 0 Å². The van der Waals surface area contributed by atoms with Crippen molar-refractivity contribution >= 4 is 11.6 Å². The number of carbonyl (C=O) groups is 1. The van der Waals surface area contributed by atoms with Gasteiger partial charge >= 0.3 is 0 Å². The standard InChI is InChI=1S/C22H31N3O2/c1-18(2)21(25-14-8-9-15-25)22(26)23-19-10-4-5-11-20(19)27-17-16-24-12-6-3-7-13-24/h4-5,8-11,14-15,18,21H,3,6-7,12-13,16-17H2,1-2H3,(H,23,26)/t21-/m1/s1. The van der Waals surface area contributed by atoms with E-state index in [4.69, 9.17) is 4.74 Å². The van der Waals surface area contributed by atoms with E-state index in [1.165, 1.54) is 19.3 Å². The molecule has 3 rings (SSSR count). The molecule has 0 saturated carbocycles. The molecule has 0 spiro atoms. The minimum Gasteiger partial charge on any atom is -0.490 e. The van der Waals surface area contributed by atoms with Crippen LogP contribution in [0.3, 0.4) is 0 Å². The number of aromatic nitrogens is 1. The van der Waals surface area contributed by atoms with E-state index in [0.29, 0.717) is 6.61 Å². The van der Waals surface area contributed by atoms with Gasteiger partial charge in [-0.15, -0.1) is 0 Å². The average Bonchev–Trinajstić information content (AvgIpc) is 3.18. The Morgan fingerprint density at radius 3 is 2.48 bits per heavy atom. The predicted octanol–water partition coefficient (Wildman–Crippen LogP) is 4.19. The van der Waals surface area contributed by atoms with Crippen LogP contribution >= 0.6 is 0 Å². The molecule has 1 aromatic heterocycles. The second kappa shape index (κ2) is 9.60. The van der Waals surface area contributed by atoms with E-state index in [-0.39, 0.29) is 17.9 Å². The van der Waals surface area contributed by atoms with Crippen molar-refractivity contribution in [1.29, 1.82) is 0 Å². The maximum absolute atomic E-state index is 12.9. The number of nitrogens with one attached hydrogen (secondary N) is 1. The zero-order valence-corrected chi connectivity index (χ0v) is 16.4. The molecule has 1 aliphatic rings. The van der Waals surface area contributed by atoms with Crippen LogP contribution < -0.4 is 10.1 Å². The number of piperidine rings is 1. The first kappa shape index (κ1) is 19.5. The fourth-order valence-corrected chi connectivity index (χ4v) is 3.69. The normalized spacial score (nSPS) is 16.3. The van der Waals surface area contributed by atoms with Crippen molar-refractivity contribution in [3.8, 4) is 5.75 Å². The number of anilines is 1. The van der Waals surface area contributed by atoms with Gasteiger partial charge in [-0.1, -0.05) is 32.4 Å². The van der Waals surface area contributed by atoms with Gasteiger partial charge in [-0.3, -0.25) is 9.69 Å². The Labute approximate surface area is 162 Å². The summed E-state index contributed by atoms with van der Waals surface area (Å²) in [4.78, 5) is 15.4. The third kappa shape index (κ3) is 5.36. The van der Waals surface area contributed by atoms with Crippen LogP contribution in [-0.2, 0) is 4.79 Å². The van der Waals surface area contributed by atoms with E-state index >= 15 is 0 Å². The van der Waals surface area contributed by atoms with E-state index in [9.17, 15) is 4.79 Å². The number of para-hydroxylation sites is 2. The van der Waals surface area contributed by atoms with Crippen molar-refractivity contribution in [3.05, 3.63) is 48.8 Å². The Bertz CT molecular complexity index is 706. The lowest BCUT2D eigenvalue weighted by atomic mass is 10.0. The summed E-state index contributed by atoms with van der Waals surface area (Å²) in [7, 11) is 0. The van der Waals surface area contributed by atoms with Gasteiger partial charge in [-0.2, -0.15) is 0 Å². The molecule has 146 valence electrons. The summed E-state index contributed by atoms with van der Waals surface area (Å²) in [6.45, 7) is 8.01. The number of amides is 1. The highest BCUT2D eigenvalue weighted by Gasteiger charge is 2.24. The zero-order chi connectivity index (χ0) is 19.1. The number of likely N-dealkylation sites (tertiary alicyclic amines) is 1. The Morgan fingerprint density at radius 1 is 1.07 bits per heavy atom. The summed E-state index contributed by atoms with van der Waals surface area (Å²) in [5.41, 5.74) is 0.735. The summed E-state index contributed by atoms with van der Waals surface area (Å²) in [6, 6.07) is 11.3. The number of carbonyl (C=O) groups excluding carboxylic acids is 1. The molecule has 0 radical (unpaired) electrons. The molecular formula is C22H31N3O2. The van der Waals surface area contributed by atoms with Gasteiger partial charge < -0.3 is 14.6 Å². The summed E-state index contributed by atoms with van der Waals surface area (Å²) in [5.74, 6) is 0.899.